The summed E-state index contributed by atoms with van der Waals surface area (Å²) in [5.74, 6) is -2.22. The summed E-state index contributed by atoms with van der Waals surface area (Å²) in [5.41, 5.74) is -0.0760. The zero-order chi connectivity index (χ0) is 22.6. The van der Waals surface area contributed by atoms with Crippen LogP contribution in [-0.4, -0.2) is 62.6 Å². The summed E-state index contributed by atoms with van der Waals surface area (Å²) in [6, 6.07) is 7.68. The molecule has 31 heavy (non-hydrogen) atoms. The summed E-state index contributed by atoms with van der Waals surface area (Å²) in [7, 11) is -3.88. The molecule has 1 aliphatic heterocycles. The Morgan fingerprint density at radius 3 is 2.39 bits per heavy atom. The monoisotopic (exact) mass is 488 g/mol. The minimum atomic E-state index is -3.88. The first-order valence-electron chi connectivity index (χ1n) is 9.01. The van der Waals surface area contributed by atoms with Crippen molar-refractivity contribution in [1.29, 1.82) is 0 Å². The number of nitrogens with zero attached hydrogens (tertiary/aromatic N) is 1. The van der Waals surface area contributed by atoms with Gasteiger partial charge in [-0.15, -0.1) is 0 Å². The Morgan fingerprint density at radius 2 is 1.74 bits per heavy atom. The third-order valence-corrected chi connectivity index (χ3v) is 6.61. The second-order valence-electron chi connectivity index (χ2n) is 6.48. The highest BCUT2D eigenvalue weighted by Crippen LogP contribution is 2.25. The van der Waals surface area contributed by atoms with E-state index in [9.17, 15) is 23.1 Å². The van der Waals surface area contributed by atoms with Crippen molar-refractivity contribution in [3.8, 4) is 5.75 Å². The van der Waals surface area contributed by atoms with Crippen LogP contribution in [0, 0.1) is 0 Å². The van der Waals surface area contributed by atoms with Gasteiger partial charge in [0.05, 0.1) is 18.1 Å². The number of benzene rings is 2. The summed E-state index contributed by atoms with van der Waals surface area (Å²) >= 11 is 11.7. The molecule has 2 aromatic carbocycles. The zero-order valence-electron chi connectivity index (χ0n) is 16.0. The summed E-state index contributed by atoms with van der Waals surface area (Å²) < 4.78 is 36.8. The van der Waals surface area contributed by atoms with Crippen LogP contribution >= 0.6 is 23.2 Å². The highest BCUT2D eigenvalue weighted by Gasteiger charge is 2.28. The number of anilines is 1. The van der Waals surface area contributed by atoms with Crippen LogP contribution in [0.15, 0.2) is 41.3 Å². The number of carbonyl (C=O) groups is 2. The molecule has 0 atom stereocenters. The number of phenolic OH excluding ortho intramolecular Hbond substituents is 1. The number of esters is 1. The predicted octanol–water partition coefficient (Wildman–Crippen LogP) is 2.52. The zero-order valence-corrected chi connectivity index (χ0v) is 18.3. The van der Waals surface area contributed by atoms with Crippen molar-refractivity contribution >= 4 is 50.8 Å². The van der Waals surface area contributed by atoms with Crippen LogP contribution in [0.4, 0.5) is 5.69 Å². The van der Waals surface area contributed by atoms with Gasteiger partial charge in [-0.1, -0.05) is 23.2 Å². The molecule has 0 unspecified atom stereocenters. The topological polar surface area (TPSA) is 122 Å². The Labute approximate surface area is 188 Å². The number of morpholine rings is 1. The summed E-state index contributed by atoms with van der Waals surface area (Å²) in [6.07, 6.45) is 0. The standard InChI is InChI=1S/C19H18Cl2N2O7S/c20-12-7-13(21)9-14(8-12)22-18(25)11-30-19(26)16-10-15(1-2-17(16)24)31(27,28)23-3-5-29-6-4-23/h1-2,7-10,24H,3-6,11H2,(H,22,25). The van der Waals surface area contributed by atoms with Gasteiger partial charge in [-0.05, 0) is 36.4 Å². The van der Waals surface area contributed by atoms with Crippen LogP contribution in [0.1, 0.15) is 10.4 Å². The fourth-order valence-electron chi connectivity index (χ4n) is 2.81. The first-order valence-corrected chi connectivity index (χ1v) is 11.2. The number of phenols is 1. The molecule has 0 spiro atoms. The number of nitrogens with one attached hydrogen (secondary N) is 1. The average molecular weight is 489 g/mol. The van der Waals surface area contributed by atoms with Gasteiger partial charge in [-0.3, -0.25) is 4.79 Å². The predicted molar refractivity (Wildman–Crippen MR) is 113 cm³/mol. The van der Waals surface area contributed by atoms with E-state index in [1.807, 2.05) is 0 Å². The highest BCUT2D eigenvalue weighted by atomic mass is 35.5. The number of hydrogen-bond donors (Lipinski definition) is 2. The lowest BCUT2D eigenvalue weighted by molar-refractivity contribution is -0.119. The smallest absolute Gasteiger partial charge is 0.342 e. The van der Waals surface area contributed by atoms with Crippen molar-refractivity contribution in [2.45, 2.75) is 4.90 Å². The van der Waals surface area contributed by atoms with E-state index in [0.717, 1.165) is 12.1 Å². The number of amides is 1. The fourth-order valence-corrected chi connectivity index (χ4v) is 4.77. The molecule has 2 aromatic rings. The van der Waals surface area contributed by atoms with Crippen molar-refractivity contribution in [1.82, 2.24) is 4.31 Å². The lowest BCUT2D eigenvalue weighted by Crippen LogP contribution is -2.40. The molecule has 1 saturated heterocycles. The number of hydrogen-bond acceptors (Lipinski definition) is 7. The summed E-state index contributed by atoms with van der Waals surface area (Å²) in [5, 5.41) is 13.1. The maximum atomic E-state index is 12.7. The average Bonchev–Trinajstić information content (AvgIpc) is 2.72. The first-order chi connectivity index (χ1) is 14.7. The van der Waals surface area contributed by atoms with E-state index >= 15 is 0 Å². The van der Waals surface area contributed by atoms with E-state index in [0.29, 0.717) is 15.7 Å². The van der Waals surface area contributed by atoms with Gasteiger partial charge in [0, 0.05) is 28.8 Å². The van der Waals surface area contributed by atoms with Gasteiger partial charge < -0.3 is 19.9 Å². The molecule has 1 amide bonds. The second-order valence-corrected chi connectivity index (χ2v) is 9.29. The van der Waals surface area contributed by atoms with Gasteiger partial charge in [-0.25, -0.2) is 13.2 Å². The second kappa shape index (κ2) is 9.84. The number of rotatable bonds is 6. The fraction of sp³-hybridized carbons (Fsp3) is 0.263. The van der Waals surface area contributed by atoms with Crippen molar-refractivity contribution in [3.05, 3.63) is 52.0 Å². The lowest BCUT2D eigenvalue weighted by Gasteiger charge is -2.26. The molecule has 12 heteroatoms. The molecule has 1 heterocycles. The normalized spacial score (nSPS) is 14.8. The van der Waals surface area contributed by atoms with Gasteiger partial charge >= 0.3 is 5.97 Å². The van der Waals surface area contributed by atoms with Gasteiger partial charge in [0.15, 0.2) is 6.61 Å². The minimum Gasteiger partial charge on any atom is -0.507 e. The van der Waals surface area contributed by atoms with Crippen molar-refractivity contribution in [2.24, 2.45) is 0 Å². The van der Waals surface area contributed by atoms with Crippen molar-refractivity contribution in [2.75, 3.05) is 38.2 Å². The van der Waals surface area contributed by atoms with Crippen molar-refractivity contribution < 1.29 is 32.6 Å². The van der Waals surface area contributed by atoms with Gasteiger partial charge in [0.25, 0.3) is 5.91 Å². The molecular weight excluding hydrogens is 471 g/mol. The Morgan fingerprint density at radius 1 is 1.10 bits per heavy atom. The number of carbonyl (C=O) groups excluding carboxylic acids is 2. The molecule has 1 fully saturated rings. The maximum absolute atomic E-state index is 12.7. The Hall–Kier alpha value is -2.37. The minimum absolute atomic E-state index is 0.177. The van der Waals surface area contributed by atoms with E-state index in [1.54, 1.807) is 0 Å². The van der Waals surface area contributed by atoms with Crippen LogP contribution < -0.4 is 5.32 Å². The van der Waals surface area contributed by atoms with E-state index in [2.05, 4.69) is 5.32 Å². The van der Waals surface area contributed by atoms with Crippen LogP contribution in [0.3, 0.4) is 0 Å². The molecule has 0 bridgehead atoms. The first kappa shape index (κ1) is 23.3. The third-order valence-electron chi connectivity index (χ3n) is 4.28. The van der Waals surface area contributed by atoms with Crippen LogP contribution in [0.25, 0.3) is 0 Å². The van der Waals surface area contributed by atoms with Gasteiger partial charge in [0.1, 0.15) is 11.3 Å². The summed E-state index contributed by atoms with van der Waals surface area (Å²) in [6.45, 7) is 0.203. The van der Waals surface area contributed by atoms with E-state index in [-0.39, 0.29) is 36.8 Å². The molecular formula is C19H18Cl2N2O7S. The number of ether oxygens (including phenoxy) is 2. The Bertz CT molecular complexity index is 1080. The third kappa shape index (κ3) is 5.86. The molecule has 0 aliphatic carbocycles. The molecule has 2 N–H and O–H groups in total. The molecule has 0 radical (unpaired) electrons. The van der Waals surface area contributed by atoms with Gasteiger partial charge in [-0.2, -0.15) is 4.31 Å². The van der Waals surface area contributed by atoms with Crippen LogP contribution in [-0.2, 0) is 24.3 Å². The quantitative estimate of drug-likeness (QED) is 0.598. The molecule has 1 aliphatic rings. The van der Waals surface area contributed by atoms with E-state index < -0.39 is 34.3 Å². The number of halogens is 2. The largest absolute Gasteiger partial charge is 0.507 e. The highest BCUT2D eigenvalue weighted by molar-refractivity contribution is 7.89. The SMILES string of the molecule is O=C(COC(=O)c1cc(S(=O)(=O)N2CCOCC2)ccc1O)Nc1cc(Cl)cc(Cl)c1. The molecule has 9 nitrogen and oxygen atoms in total. The van der Waals surface area contributed by atoms with E-state index in [1.165, 1.54) is 28.6 Å². The van der Waals surface area contributed by atoms with Crippen molar-refractivity contribution in [3.63, 3.8) is 0 Å². The lowest BCUT2D eigenvalue weighted by atomic mass is 10.2. The molecule has 0 aromatic heterocycles. The maximum Gasteiger partial charge on any atom is 0.342 e. The van der Waals surface area contributed by atoms with Crippen LogP contribution in [0.2, 0.25) is 10.0 Å². The molecule has 3 rings (SSSR count). The Balaban J connectivity index is 1.68. The number of sulfonamides is 1. The Kier molecular flexibility index (Phi) is 7.39. The molecule has 0 saturated carbocycles. The molecule has 166 valence electrons. The number of aromatic hydroxyl groups is 1. The van der Waals surface area contributed by atoms with E-state index in [4.69, 9.17) is 32.7 Å². The summed E-state index contributed by atoms with van der Waals surface area (Å²) in [4.78, 5) is 24.2. The van der Waals surface area contributed by atoms with Crippen LogP contribution in [0.5, 0.6) is 5.75 Å². The van der Waals surface area contributed by atoms with Gasteiger partial charge in [0.2, 0.25) is 10.0 Å².